The molecule has 3 atom stereocenters. The fourth-order valence-electron chi connectivity index (χ4n) is 2.42. The van der Waals surface area contributed by atoms with Crippen LogP contribution in [-0.2, 0) is 4.79 Å². The molecular formula is C11H17NO2. The van der Waals surface area contributed by atoms with Gasteiger partial charge in [-0.1, -0.05) is 6.92 Å². The lowest BCUT2D eigenvalue weighted by Gasteiger charge is -2.12. The molecule has 3 nitrogen and oxygen atoms in total. The summed E-state index contributed by atoms with van der Waals surface area (Å²) >= 11 is 0. The van der Waals surface area contributed by atoms with Crippen LogP contribution in [0.1, 0.15) is 32.6 Å². The fourth-order valence-corrected chi connectivity index (χ4v) is 2.42. The normalized spacial score (nSPS) is 36.4. The lowest BCUT2D eigenvalue weighted by atomic mass is 9.95. The Morgan fingerprint density at radius 2 is 2.43 bits per heavy atom. The third-order valence-corrected chi connectivity index (χ3v) is 3.16. The zero-order chi connectivity index (χ0) is 10.1. The Balaban J connectivity index is 2.22. The van der Waals surface area contributed by atoms with E-state index in [1.165, 1.54) is 0 Å². The molecule has 2 unspecified atom stereocenters. The van der Waals surface area contributed by atoms with E-state index < -0.39 is 6.10 Å². The summed E-state index contributed by atoms with van der Waals surface area (Å²) in [5, 5.41) is 13.1. The largest absolute Gasteiger partial charge is 0.389 e. The molecule has 1 fully saturated rings. The number of aliphatic hydroxyl groups is 1. The topological polar surface area (TPSA) is 49.3 Å². The van der Waals surface area contributed by atoms with Crippen LogP contribution in [-0.4, -0.2) is 29.1 Å². The number of hydrogen-bond acceptors (Lipinski definition) is 3. The Kier molecular flexibility index (Phi) is 2.70. The molecule has 1 saturated heterocycles. The van der Waals surface area contributed by atoms with E-state index in [-0.39, 0.29) is 11.8 Å². The molecule has 0 amide bonds. The van der Waals surface area contributed by atoms with Gasteiger partial charge in [0, 0.05) is 24.1 Å². The lowest BCUT2D eigenvalue weighted by Crippen LogP contribution is -2.31. The zero-order valence-corrected chi connectivity index (χ0v) is 8.49. The first-order chi connectivity index (χ1) is 6.70. The summed E-state index contributed by atoms with van der Waals surface area (Å²) in [6, 6.07) is 0.595. The van der Waals surface area contributed by atoms with Crippen LogP contribution in [0.3, 0.4) is 0 Å². The number of carbonyl (C=O) groups excluding carboxylic acids is 1. The van der Waals surface area contributed by atoms with E-state index in [1.54, 1.807) is 6.08 Å². The van der Waals surface area contributed by atoms with E-state index in [1.807, 2.05) is 6.92 Å². The average molecular weight is 195 g/mol. The Morgan fingerprint density at radius 3 is 3.14 bits per heavy atom. The molecule has 2 heterocycles. The first-order valence-corrected chi connectivity index (χ1v) is 5.39. The smallest absolute Gasteiger partial charge is 0.159 e. The second-order valence-electron chi connectivity index (χ2n) is 4.20. The highest BCUT2D eigenvalue weighted by Crippen LogP contribution is 2.27. The molecule has 14 heavy (non-hydrogen) atoms. The van der Waals surface area contributed by atoms with Crippen molar-refractivity contribution in [2.24, 2.45) is 0 Å². The molecule has 2 rings (SSSR count). The summed E-state index contributed by atoms with van der Waals surface area (Å²) in [6.45, 7) is 1.87. The third kappa shape index (κ3) is 1.74. The van der Waals surface area contributed by atoms with E-state index in [0.29, 0.717) is 12.5 Å². The molecule has 0 aromatic heterocycles. The van der Waals surface area contributed by atoms with Gasteiger partial charge in [-0.3, -0.25) is 4.79 Å². The molecule has 0 spiro atoms. The van der Waals surface area contributed by atoms with Crippen LogP contribution in [0.5, 0.6) is 0 Å². The third-order valence-electron chi connectivity index (χ3n) is 3.16. The first kappa shape index (κ1) is 9.87. The molecule has 0 radical (unpaired) electrons. The van der Waals surface area contributed by atoms with Crippen LogP contribution in [0.4, 0.5) is 0 Å². The average Bonchev–Trinajstić information content (AvgIpc) is 2.53. The van der Waals surface area contributed by atoms with Gasteiger partial charge in [0.05, 0.1) is 6.10 Å². The Hall–Kier alpha value is -0.670. The van der Waals surface area contributed by atoms with Crippen molar-refractivity contribution in [1.29, 1.82) is 0 Å². The quantitative estimate of drug-likeness (QED) is 0.684. The minimum Gasteiger partial charge on any atom is -0.389 e. The number of fused-ring (bicyclic) bond motifs is 2. The van der Waals surface area contributed by atoms with Crippen LogP contribution >= 0.6 is 0 Å². The van der Waals surface area contributed by atoms with E-state index in [4.69, 9.17) is 0 Å². The van der Waals surface area contributed by atoms with Crippen LogP contribution in [0.2, 0.25) is 0 Å². The highest BCUT2D eigenvalue weighted by molar-refractivity contribution is 5.96. The van der Waals surface area contributed by atoms with Crippen molar-refractivity contribution in [2.75, 3.05) is 0 Å². The Labute approximate surface area is 84.2 Å². The van der Waals surface area contributed by atoms with E-state index in [0.717, 1.165) is 24.8 Å². The van der Waals surface area contributed by atoms with E-state index in [9.17, 15) is 9.90 Å². The van der Waals surface area contributed by atoms with E-state index in [2.05, 4.69) is 5.32 Å². The summed E-state index contributed by atoms with van der Waals surface area (Å²) < 4.78 is 0. The summed E-state index contributed by atoms with van der Waals surface area (Å²) in [5.74, 6) is 0.170. The number of rotatable bonds is 2. The number of hydrogen-bond donors (Lipinski definition) is 2. The maximum absolute atomic E-state index is 11.6. The van der Waals surface area contributed by atoms with Crippen LogP contribution in [0.25, 0.3) is 0 Å². The molecular weight excluding hydrogens is 178 g/mol. The van der Waals surface area contributed by atoms with Gasteiger partial charge >= 0.3 is 0 Å². The number of ketones is 1. The second kappa shape index (κ2) is 3.83. The maximum Gasteiger partial charge on any atom is 0.159 e. The van der Waals surface area contributed by atoms with Crippen molar-refractivity contribution >= 4 is 5.78 Å². The van der Waals surface area contributed by atoms with Crippen molar-refractivity contribution in [3.63, 3.8) is 0 Å². The summed E-state index contributed by atoms with van der Waals surface area (Å²) in [6.07, 6.45) is 4.70. The van der Waals surface area contributed by atoms with Gasteiger partial charge in [0.25, 0.3) is 0 Å². The molecule has 2 N–H and O–H groups in total. The van der Waals surface area contributed by atoms with Gasteiger partial charge in [-0.15, -0.1) is 0 Å². The second-order valence-corrected chi connectivity index (χ2v) is 4.20. The number of aliphatic hydroxyl groups excluding tert-OH is 1. The molecule has 0 aromatic carbocycles. The van der Waals surface area contributed by atoms with Crippen LogP contribution in [0.15, 0.2) is 11.6 Å². The van der Waals surface area contributed by atoms with Crippen molar-refractivity contribution in [3.8, 4) is 0 Å². The summed E-state index contributed by atoms with van der Waals surface area (Å²) in [4.78, 5) is 11.6. The Bertz CT molecular complexity index is 272. The van der Waals surface area contributed by atoms with Gasteiger partial charge in [-0.25, -0.2) is 0 Å². The van der Waals surface area contributed by atoms with Crippen molar-refractivity contribution < 1.29 is 9.90 Å². The standard InChI is InChI=1S/C11H17NO2/c1-2-11(14)9-6-8(13)5-7-3-4-10(9)12-7/h6-8,10,12-13H,2-5H2,1H3/t7-,8?,10?/m1/s1. The Morgan fingerprint density at radius 1 is 1.64 bits per heavy atom. The number of carbonyl (C=O) groups is 1. The molecule has 78 valence electrons. The lowest BCUT2D eigenvalue weighted by molar-refractivity contribution is -0.115. The van der Waals surface area contributed by atoms with Crippen LogP contribution < -0.4 is 5.32 Å². The predicted octanol–water partition coefficient (Wildman–Crippen LogP) is 0.777. The SMILES string of the molecule is CCC(=O)C1=CC(O)C[C@H]2CCC1N2. The van der Waals surface area contributed by atoms with Crippen LogP contribution in [0, 0.1) is 0 Å². The zero-order valence-electron chi connectivity index (χ0n) is 8.49. The summed E-state index contributed by atoms with van der Waals surface area (Å²) in [7, 11) is 0. The van der Waals surface area contributed by atoms with Gasteiger partial charge in [-0.05, 0) is 25.3 Å². The molecule has 2 aliphatic heterocycles. The molecule has 0 aromatic rings. The van der Waals surface area contributed by atoms with Crippen molar-refractivity contribution in [3.05, 3.63) is 11.6 Å². The molecule has 3 heteroatoms. The minimum atomic E-state index is -0.441. The van der Waals surface area contributed by atoms with Gasteiger partial charge in [0.1, 0.15) is 0 Å². The first-order valence-electron chi connectivity index (χ1n) is 5.39. The maximum atomic E-state index is 11.6. The van der Waals surface area contributed by atoms with Crippen molar-refractivity contribution in [2.45, 2.75) is 50.8 Å². The number of nitrogens with one attached hydrogen (secondary N) is 1. The molecule has 2 bridgehead atoms. The minimum absolute atomic E-state index is 0.170. The van der Waals surface area contributed by atoms with Crippen molar-refractivity contribution in [1.82, 2.24) is 5.32 Å². The molecule has 0 saturated carbocycles. The van der Waals surface area contributed by atoms with E-state index >= 15 is 0 Å². The monoisotopic (exact) mass is 195 g/mol. The van der Waals surface area contributed by atoms with Gasteiger partial charge in [0.2, 0.25) is 0 Å². The van der Waals surface area contributed by atoms with Gasteiger partial charge in [-0.2, -0.15) is 0 Å². The fraction of sp³-hybridized carbons (Fsp3) is 0.727. The highest BCUT2D eigenvalue weighted by Gasteiger charge is 2.33. The molecule has 0 aliphatic carbocycles. The van der Waals surface area contributed by atoms with Gasteiger partial charge in [0.15, 0.2) is 5.78 Å². The van der Waals surface area contributed by atoms with Gasteiger partial charge < -0.3 is 10.4 Å². The highest BCUT2D eigenvalue weighted by atomic mass is 16.3. The molecule has 2 aliphatic rings. The predicted molar refractivity (Wildman–Crippen MR) is 54.0 cm³/mol. The summed E-state index contributed by atoms with van der Waals surface area (Å²) in [5.41, 5.74) is 0.806. The number of Topliss-reactive ketones (excluding diaryl/α,β-unsaturated/α-hetero) is 1.